The van der Waals surface area contributed by atoms with Crippen LogP contribution in [0.1, 0.15) is 23.7 Å². The molecule has 1 aromatic rings. The van der Waals surface area contributed by atoms with Crippen LogP contribution in [-0.2, 0) is 0 Å². The third-order valence-electron chi connectivity index (χ3n) is 3.74. The Morgan fingerprint density at radius 3 is 2.89 bits per heavy atom. The fourth-order valence-electron chi connectivity index (χ4n) is 2.47. The summed E-state index contributed by atoms with van der Waals surface area (Å²) in [6.45, 7) is 2.88. The number of halogens is 1. The first-order valence-corrected chi connectivity index (χ1v) is 7.44. The molecule has 1 saturated heterocycles. The van der Waals surface area contributed by atoms with E-state index in [-0.39, 0.29) is 17.7 Å². The van der Waals surface area contributed by atoms with Crippen LogP contribution in [0.25, 0.3) is 0 Å². The van der Waals surface area contributed by atoms with Gasteiger partial charge in [-0.15, -0.1) is 0 Å². The standard InChI is InChI=1S/C14H18BrNO3/c1-9-5-6-16(12(9)8-15)14(18)11-4-3-10(19-2)7-13(11)17/h3-4,7,9,12,17H,5-6,8H2,1-2H3. The van der Waals surface area contributed by atoms with Crippen LogP contribution in [0.15, 0.2) is 18.2 Å². The number of carbonyl (C=O) groups excluding carboxylic acids is 1. The van der Waals surface area contributed by atoms with Crippen LogP contribution in [0, 0.1) is 5.92 Å². The highest BCUT2D eigenvalue weighted by atomic mass is 79.9. The molecule has 2 unspecified atom stereocenters. The van der Waals surface area contributed by atoms with Crippen LogP contribution >= 0.6 is 15.9 Å². The first-order chi connectivity index (χ1) is 9.08. The molecule has 2 rings (SSSR count). The van der Waals surface area contributed by atoms with Gasteiger partial charge in [-0.2, -0.15) is 0 Å². The molecule has 1 aliphatic rings. The van der Waals surface area contributed by atoms with Gasteiger partial charge in [0.1, 0.15) is 11.5 Å². The summed E-state index contributed by atoms with van der Waals surface area (Å²) in [6.07, 6.45) is 0.999. The van der Waals surface area contributed by atoms with Crippen LogP contribution in [0.2, 0.25) is 0 Å². The molecule has 1 amide bonds. The summed E-state index contributed by atoms with van der Waals surface area (Å²) < 4.78 is 5.02. The molecule has 0 spiro atoms. The highest BCUT2D eigenvalue weighted by molar-refractivity contribution is 9.09. The van der Waals surface area contributed by atoms with E-state index in [1.165, 1.54) is 13.2 Å². The molecule has 104 valence electrons. The van der Waals surface area contributed by atoms with Gasteiger partial charge < -0.3 is 14.7 Å². The largest absolute Gasteiger partial charge is 0.507 e. The van der Waals surface area contributed by atoms with Crippen molar-refractivity contribution >= 4 is 21.8 Å². The van der Waals surface area contributed by atoms with Gasteiger partial charge in [0.05, 0.1) is 12.7 Å². The Morgan fingerprint density at radius 2 is 2.32 bits per heavy atom. The number of alkyl halides is 1. The van der Waals surface area contributed by atoms with Gasteiger partial charge in [-0.1, -0.05) is 22.9 Å². The van der Waals surface area contributed by atoms with Crippen molar-refractivity contribution in [1.82, 2.24) is 4.90 Å². The first-order valence-electron chi connectivity index (χ1n) is 6.32. The molecule has 2 atom stereocenters. The lowest BCUT2D eigenvalue weighted by Gasteiger charge is -2.25. The molecule has 1 aliphatic heterocycles. The average Bonchev–Trinajstić information content (AvgIpc) is 2.78. The summed E-state index contributed by atoms with van der Waals surface area (Å²) in [6, 6.07) is 4.96. The van der Waals surface area contributed by atoms with Crippen molar-refractivity contribution in [2.45, 2.75) is 19.4 Å². The Morgan fingerprint density at radius 1 is 1.58 bits per heavy atom. The minimum absolute atomic E-state index is 0.0303. The zero-order valence-corrected chi connectivity index (χ0v) is 12.7. The summed E-state index contributed by atoms with van der Waals surface area (Å²) in [5.41, 5.74) is 0.334. The molecule has 1 aromatic carbocycles. The van der Waals surface area contributed by atoms with Gasteiger partial charge in [0.2, 0.25) is 0 Å². The Hall–Kier alpha value is -1.23. The number of amides is 1. The molecule has 1 fully saturated rings. The second-order valence-corrected chi connectivity index (χ2v) is 5.52. The van der Waals surface area contributed by atoms with Gasteiger partial charge in [-0.05, 0) is 24.5 Å². The topological polar surface area (TPSA) is 49.8 Å². The molecule has 0 bridgehead atoms. The zero-order valence-electron chi connectivity index (χ0n) is 11.1. The number of phenols is 1. The van der Waals surface area contributed by atoms with Crippen molar-refractivity contribution < 1.29 is 14.6 Å². The quantitative estimate of drug-likeness (QED) is 0.868. The molecule has 4 nitrogen and oxygen atoms in total. The molecule has 0 saturated carbocycles. The smallest absolute Gasteiger partial charge is 0.257 e. The number of nitrogens with zero attached hydrogens (tertiary/aromatic N) is 1. The second kappa shape index (κ2) is 5.82. The van der Waals surface area contributed by atoms with Gasteiger partial charge in [-0.3, -0.25) is 4.79 Å². The van der Waals surface area contributed by atoms with Crippen molar-refractivity contribution in [3.8, 4) is 11.5 Å². The Kier molecular flexibility index (Phi) is 4.34. The highest BCUT2D eigenvalue weighted by Gasteiger charge is 2.34. The van der Waals surface area contributed by atoms with Gasteiger partial charge in [0, 0.05) is 24.0 Å². The predicted molar refractivity (Wildman–Crippen MR) is 77.1 cm³/mol. The number of aromatic hydroxyl groups is 1. The molecule has 0 radical (unpaired) electrons. The highest BCUT2D eigenvalue weighted by Crippen LogP contribution is 2.30. The van der Waals surface area contributed by atoms with E-state index in [0.29, 0.717) is 17.2 Å². The summed E-state index contributed by atoms with van der Waals surface area (Å²) in [4.78, 5) is 14.3. The fraction of sp³-hybridized carbons (Fsp3) is 0.500. The summed E-state index contributed by atoms with van der Waals surface area (Å²) >= 11 is 3.46. The van der Waals surface area contributed by atoms with E-state index in [9.17, 15) is 9.90 Å². The molecule has 19 heavy (non-hydrogen) atoms. The van der Waals surface area contributed by atoms with Gasteiger partial charge in [-0.25, -0.2) is 0 Å². The van der Waals surface area contributed by atoms with Crippen molar-refractivity contribution in [2.24, 2.45) is 5.92 Å². The van der Waals surface area contributed by atoms with Crippen LogP contribution in [-0.4, -0.2) is 40.9 Å². The predicted octanol–water partition coefficient (Wildman–Crippen LogP) is 2.65. The van der Waals surface area contributed by atoms with Crippen molar-refractivity contribution in [3.05, 3.63) is 23.8 Å². The lowest BCUT2D eigenvalue weighted by Crippen LogP contribution is -2.38. The van der Waals surface area contributed by atoms with Crippen molar-refractivity contribution in [2.75, 3.05) is 19.0 Å². The Bertz CT molecular complexity index is 478. The lowest BCUT2D eigenvalue weighted by molar-refractivity contribution is 0.0735. The number of hydrogen-bond donors (Lipinski definition) is 1. The van der Waals surface area contributed by atoms with Gasteiger partial charge >= 0.3 is 0 Å². The summed E-state index contributed by atoms with van der Waals surface area (Å²) in [7, 11) is 1.53. The molecule has 1 heterocycles. The van der Waals surface area contributed by atoms with Crippen molar-refractivity contribution in [3.63, 3.8) is 0 Å². The van der Waals surface area contributed by atoms with Crippen LogP contribution < -0.4 is 4.74 Å². The third kappa shape index (κ3) is 2.71. The van der Waals surface area contributed by atoms with E-state index in [4.69, 9.17) is 4.74 Å². The minimum Gasteiger partial charge on any atom is -0.507 e. The normalized spacial score (nSPS) is 22.6. The minimum atomic E-state index is -0.117. The molecule has 0 aromatic heterocycles. The van der Waals surface area contributed by atoms with Crippen LogP contribution in [0.3, 0.4) is 0 Å². The Labute approximate surface area is 121 Å². The molecule has 1 N–H and O–H groups in total. The maximum atomic E-state index is 12.5. The number of ether oxygens (including phenoxy) is 1. The monoisotopic (exact) mass is 327 g/mol. The molecular weight excluding hydrogens is 310 g/mol. The second-order valence-electron chi connectivity index (χ2n) is 4.87. The number of hydrogen-bond acceptors (Lipinski definition) is 3. The van der Waals surface area contributed by atoms with Crippen LogP contribution in [0.5, 0.6) is 11.5 Å². The number of rotatable bonds is 3. The molecule has 5 heteroatoms. The first kappa shape index (κ1) is 14.2. The van der Waals surface area contributed by atoms with Crippen LogP contribution in [0.4, 0.5) is 0 Å². The van der Waals surface area contributed by atoms with Crippen molar-refractivity contribution in [1.29, 1.82) is 0 Å². The van der Waals surface area contributed by atoms with Gasteiger partial charge in [0.25, 0.3) is 5.91 Å². The summed E-state index contributed by atoms with van der Waals surface area (Å²) in [5.74, 6) is 0.871. The maximum absolute atomic E-state index is 12.5. The Balaban J connectivity index is 2.24. The van der Waals surface area contributed by atoms with Gasteiger partial charge in [0.15, 0.2) is 0 Å². The average molecular weight is 328 g/mol. The maximum Gasteiger partial charge on any atom is 0.257 e. The zero-order chi connectivity index (χ0) is 14.0. The van der Waals surface area contributed by atoms with E-state index >= 15 is 0 Å². The van der Waals surface area contributed by atoms with E-state index < -0.39 is 0 Å². The van der Waals surface area contributed by atoms with E-state index in [0.717, 1.165) is 18.3 Å². The van der Waals surface area contributed by atoms with E-state index in [1.807, 2.05) is 4.90 Å². The number of methoxy groups -OCH3 is 1. The van der Waals surface area contributed by atoms with E-state index in [2.05, 4.69) is 22.9 Å². The lowest BCUT2D eigenvalue weighted by atomic mass is 10.0. The number of carbonyl (C=O) groups is 1. The summed E-state index contributed by atoms with van der Waals surface area (Å²) in [5, 5.41) is 10.7. The number of benzene rings is 1. The third-order valence-corrected chi connectivity index (χ3v) is 4.40. The fourth-order valence-corrected chi connectivity index (χ4v) is 3.46. The number of likely N-dealkylation sites (tertiary alicyclic amines) is 1. The molecule has 0 aliphatic carbocycles. The number of phenolic OH excluding ortho intramolecular Hbond substituents is 1. The van der Waals surface area contributed by atoms with E-state index in [1.54, 1.807) is 12.1 Å². The SMILES string of the molecule is COc1ccc(C(=O)N2CCC(C)C2CBr)c(O)c1. The molecular formula is C14H18BrNO3.